The first-order chi connectivity index (χ1) is 24.9. The van der Waals surface area contributed by atoms with Gasteiger partial charge in [0.1, 0.15) is 5.82 Å². The smallest absolute Gasteiger partial charge is 0.509 e. The fourth-order valence-corrected chi connectivity index (χ4v) is 7.49. The second-order valence-electron chi connectivity index (χ2n) is 15.7. The van der Waals surface area contributed by atoms with E-state index in [0.29, 0.717) is 17.4 Å². The predicted octanol–water partition coefficient (Wildman–Crippen LogP) is 12.2. The Morgan fingerprint density at radius 1 is 0.811 bits per heavy atom. The van der Waals surface area contributed by atoms with E-state index < -0.39 is 0 Å². The van der Waals surface area contributed by atoms with E-state index in [2.05, 4.69) is 156 Å². The quantitative estimate of drug-likeness (QED) is 0.129. The minimum absolute atomic E-state index is 0. The van der Waals surface area contributed by atoms with Crippen LogP contribution in [0.5, 0.6) is 11.5 Å². The second kappa shape index (κ2) is 15.5. The minimum Gasteiger partial charge on any atom is -0.509 e. The van der Waals surface area contributed by atoms with Gasteiger partial charge in [-0.15, -0.1) is 41.3 Å². The van der Waals surface area contributed by atoms with Gasteiger partial charge < -0.3 is 9.30 Å². The summed E-state index contributed by atoms with van der Waals surface area (Å²) in [7, 11) is 0. The molecule has 0 saturated heterocycles. The van der Waals surface area contributed by atoms with Crippen molar-refractivity contribution in [3.8, 4) is 34.1 Å². The van der Waals surface area contributed by atoms with Gasteiger partial charge in [0, 0.05) is 34.5 Å². The molecule has 3 heterocycles. The number of hydrogen-bond donors (Lipinski definition) is 0. The molecule has 4 aromatic carbocycles. The summed E-state index contributed by atoms with van der Waals surface area (Å²) >= 11 is 0. The third kappa shape index (κ3) is 7.64. The molecule has 274 valence electrons. The van der Waals surface area contributed by atoms with Crippen LogP contribution >= 0.6 is 0 Å². The number of benzene rings is 4. The molecule has 6 heteroatoms. The maximum absolute atomic E-state index is 6.74. The molecule has 0 aliphatic heterocycles. The summed E-state index contributed by atoms with van der Waals surface area (Å²) in [6.45, 7) is 20.0. The Kier molecular flexibility index (Phi) is 11.2. The number of pyridine rings is 1. The predicted molar refractivity (Wildman–Crippen MR) is 215 cm³/mol. The first kappa shape index (κ1) is 38.3. The normalized spacial score (nSPS) is 11.8. The number of rotatable bonds is 10. The molecule has 0 spiro atoms. The summed E-state index contributed by atoms with van der Waals surface area (Å²) in [6.07, 6.45) is 6.01. The van der Waals surface area contributed by atoms with Crippen LogP contribution in [-0.4, -0.2) is 19.3 Å². The van der Waals surface area contributed by atoms with Crippen molar-refractivity contribution in [3.05, 3.63) is 131 Å². The molecule has 7 aromatic rings. The van der Waals surface area contributed by atoms with E-state index in [0.717, 1.165) is 70.3 Å². The van der Waals surface area contributed by atoms with Crippen LogP contribution < -0.4 is 4.74 Å². The molecule has 0 radical (unpaired) electrons. The van der Waals surface area contributed by atoms with Crippen molar-refractivity contribution in [1.82, 2.24) is 19.3 Å². The van der Waals surface area contributed by atoms with E-state index in [4.69, 9.17) is 14.8 Å². The van der Waals surface area contributed by atoms with Gasteiger partial charge in [0.05, 0.1) is 5.69 Å². The first-order valence-corrected chi connectivity index (χ1v) is 18.7. The van der Waals surface area contributed by atoms with Crippen LogP contribution in [0.2, 0.25) is 0 Å². The van der Waals surface area contributed by atoms with Crippen molar-refractivity contribution < 1.29 is 25.8 Å². The van der Waals surface area contributed by atoms with Crippen molar-refractivity contribution >= 4 is 21.8 Å². The van der Waals surface area contributed by atoms with Crippen LogP contribution in [0.15, 0.2) is 85.1 Å². The molecule has 5 nitrogen and oxygen atoms in total. The monoisotopic (exact) mass is 881 g/mol. The first-order valence-electron chi connectivity index (χ1n) is 18.7. The van der Waals surface area contributed by atoms with Crippen LogP contribution in [-0.2, 0) is 39.3 Å². The number of hydrogen-bond acceptors (Lipinski definition) is 3. The fourth-order valence-electron chi connectivity index (χ4n) is 7.49. The van der Waals surface area contributed by atoms with Gasteiger partial charge in [0.25, 0.3) is 0 Å². The van der Waals surface area contributed by atoms with Crippen molar-refractivity contribution in [2.45, 2.75) is 93.4 Å². The summed E-state index contributed by atoms with van der Waals surface area (Å²) in [4.78, 5) is 4.84. The zero-order chi connectivity index (χ0) is 36.7. The fraction of sp³-hybridized carbons (Fsp3) is 0.319. The van der Waals surface area contributed by atoms with Crippen LogP contribution in [0, 0.1) is 38.8 Å². The molecule has 0 amide bonds. The molecule has 53 heavy (non-hydrogen) atoms. The minimum atomic E-state index is -0.129. The zero-order valence-corrected chi connectivity index (χ0v) is 34.8. The summed E-state index contributed by atoms with van der Waals surface area (Å²) in [6, 6.07) is 35.2. The van der Waals surface area contributed by atoms with Gasteiger partial charge in [0.2, 0.25) is 0 Å². The Bertz CT molecular complexity index is 2390. The van der Waals surface area contributed by atoms with E-state index in [1.54, 1.807) is 0 Å². The molecule has 0 atom stereocenters. The largest absolute Gasteiger partial charge is 2.00 e. The van der Waals surface area contributed by atoms with Crippen LogP contribution in [0.4, 0.5) is 0 Å². The third-order valence-corrected chi connectivity index (χ3v) is 10.0. The van der Waals surface area contributed by atoms with Crippen molar-refractivity contribution in [2.75, 3.05) is 0 Å². The van der Waals surface area contributed by atoms with Crippen molar-refractivity contribution in [1.29, 1.82) is 0 Å². The number of aryl methyl sites for hydroxylation is 3. The second-order valence-corrected chi connectivity index (χ2v) is 15.7. The Balaban J connectivity index is 0.00000481. The molecule has 0 bridgehead atoms. The van der Waals surface area contributed by atoms with Crippen LogP contribution in [0.25, 0.3) is 44.4 Å². The molecule has 0 saturated carbocycles. The number of fused-ring (bicyclic) bond motifs is 3. The van der Waals surface area contributed by atoms with Gasteiger partial charge in [-0.25, -0.2) is 4.98 Å². The zero-order valence-electron chi connectivity index (χ0n) is 32.5. The number of unbranched alkanes of at least 4 members (excludes halogenated alkanes) is 1. The van der Waals surface area contributed by atoms with Gasteiger partial charge in [-0.1, -0.05) is 89.9 Å². The maximum Gasteiger partial charge on any atom is 2.00 e. The average Bonchev–Trinajstić information content (AvgIpc) is 3.60. The third-order valence-electron chi connectivity index (χ3n) is 10.0. The summed E-state index contributed by atoms with van der Waals surface area (Å²) in [5, 5.41) is 7.48. The molecular formula is C47H50N4OPt. The Morgan fingerprint density at radius 3 is 2.28 bits per heavy atom. The molecule has 0 unspecified atom stereocenters. The Morgan fingerprint density at radius 2 is 1.57 bits per heavy atom. The molecular weight excluding hydrogens is 832 g/mol. The van der Waals surface area contributed by atoms with Gasteiger partial charge >= 0.3 is 21.1 Å². The van der Waals surface area contributed by atoms with E-state index in [-0.39, 0.29) is 26.5 Å². The van der Waals surface area contributed by atoms with Gasteiger partial charge in [0.15, 0.2) is 0 Å². The SMILES string of the molecule is CCCCc1c(-c2c(C)cccc2C)c(C)nn1-c1[c-]c(Oc2[c-]c3c(cc2)c2ccccc2n3-c2cc(CC(C)C)ccn2)cc(C(C)(C)C)c1.[Pt+2]. The number of nitrogens with zero attached hydrogens (tertiary/aromatic N) is 4. The molecule has 0 aliphatic rings. The van der Waals surface area contributed by atoms with Crippen molar-refractivity contribution in [2.24, 2.45) is 5.92 Å². The van der Waals surface area contributed by atoms with Crippen LogP contribution in [0.1, 0.15) is 88.0 Å². The van der Waals surface area contributed by atoms with Crippen LogP contribution in [0.3, 0.4) is 0 Å². The molecule has 0 fully saturated rings. The number of para-hydroxylation sites is 1. The molecule has 3 aromatic heterocycles. The molecule has 0 aliphatic carbocycles. The number of ether oxygens (including phenoxy) is 1. The maximum atomic E-state index is 6.74. The van der Waals surface area contributed by atoms with Gasteiger partial charge in [-0.2, -0.15) is 11.2 Å². The van der Waals surface area contributed by atoms with Crippen molar-refractivity contribution in [3.63, 3.8) is 0 Å². The Labute approximate surface area is 329 Å². The van der Waals surface area contributed by atoms with E-state index in [9.17, 15) is 0 Å². The van der Waals surface area contributed by atoms with Gasteiger partial charge in [-0.05, 0) is 103 Å². The Hall–Kier alpha value is -4.47. The summed E-state index contributed by atoms with van der Waals surface area (Å²) in [5.74, 6) is 2.70. The van der Waals surface area contributed by atoms with E-state index >= 15 is 0 Å². The standard InChI is InChI=1S/C47H50N4O.Pt/c1-10-11-18-42-46(45-31(4)15-14-16-32(45)5)33(6)49-51(42)36-26-35(47(7,8)9)27-38(28-36)52-37-20-21-40-39-17-12-13-19-41(39)50(43(40)29-37)44-25-34(22-23-48-44)24-30(2)3;/h12-17,19-23,25-27,30H,10-11,18,24H2,1-9H3;/q-2;+2. The molecule has 0 N–H and O–H groups in total. The topological polar surface area (TPSA) is 44.9 Å². The van der Waals surface area contributed by atoms with E-state index in [1.165, 1.54) is 33.5 Å². The van der Waals surface area contributed by atoms with Gasteiger partial charge in [-0.3, -0.25) is 4.68 Å². The average molecular weight is 882 g/mol. The molecule has 7 rings (SSSR count). The number of aromatic nitrogens is 4. The summed E-state index contributed by atoms with van der Waals surface area (Å²) < 4.78 is 11.1. The summed E-state index contributed by atoms with van der Waals surface area (Å²) in [5.41, 5.74) is 12.5. The van der Waals surface area contributed by atoms with E-state index in [1.807, 2.05) is 12.3 Å².